The lowest BCUT2D eigenvalue weighted by molar-refractivity contribution is 0.388. The van der Waals surface area contributed by atoms with Gasteiger partial charge >= 0.3 is 0 Å². The van der Waals surface area contributed by atoms with Gasteiger partial charge in [-0.15, -0.1) is 0 Å². The van der Waals surface area contributed by atoms with Crippen LogP contribution in [-0.2, 0) is 10.0 Å². The summed E-state index contributed by atoms with van der Waals surface area (Å²) in [7, 11) is -1.35. The number of anilines is 5. The Morgan fingerprint density at radius 2 is 1.69 bits per heavy atom. The van der Waals surface area contributed by atoms with Crippen molar-refractivity contribution in [2.75, 3.05) is 72.6 Å². The molecule has 0 saturated carbocycles. The van der Waals surface area contributed by atoms with Gasteiger partial charge in [0.2, 0.25) is 16.0 Å². The topological polar surface area (TPSA) is 97.8 Å². The second-order valence-electron chi connectivity index (χ2n) is 10.1. The third-order valence-corrected chi connectivity index (χ3v) is 8.42. The number of rotatable bonds is 6. The van der Waals surface area contributed by atoms with E-state index in [1.165, 1.54) is 16.6 Å². The van der Waals surface area contributed by atoms with Crippen molar-refractivity contribution in [2.45, 2.75) is 19.9 Å². The van der Waals surface area contributed by atoms with Crippen LogP contribution in [0, 0.1) is 11.6 Å². The van der Waals surface area contributed by atoms with Crippen LogP contribution in [0.4, 0.5) is 37.6 Å². The van der Waals surface area contributed by atoms with Crippen LogP contribution in [0.2, 0.25) is 0 Å². The van der Waals surface area contributed by atoms with Crippen molar-refractivity contribution in [1.29, 1.82) is 0 Å². The Hall–Kier alpha value is -3.58. The van der Waals surface area contributed by atoms with Crippen LogP contribution in [-0.4, -0.2) is 86.3 Å². The fraction of sp³-hybridized carbons (Fsp3) is 0.423. The number of likely N-dealkylation sites (N-methyl/N-ethyl adjacent to an activating group) is 1. The average Bonchev–Trinajstić information content (AvgIpc) is 2.89. The average molecular weight is 559 g/mol. The Labute approximate surface area is 227 Å². The first-order valence-corrected chi connectivity index (χ1v) is 14.6. The number of fused-ring (bicyclic) bond motifs is 1. The van der Waals surface area contributed by atoms with Gasteiger partial charge in [0, 0.05) is 57.9 Å². The highest BCUT2D eigenvalue weighted by Gasteiger charge is 2.27. The zero-order valence-electron chi connectivity index (χ0n) is 22.4. The number of nitrogens with one attached hydrogen (secondary N) is 1. The standard InChI is InChI=1S/C26H32F2N8O2S/c1-17(2)36-12-7-33(3)25-20(27)13-18(14-22(25)36)24-21(28)16-30-26(32-24)31-23-6-5-19(15-29-23)34-8-10-35(11-9-34)39(4,37)38/h5-6,13-17H,7-12H2,1-4H3,(H,29,30,31,32). The lowest BCUT2D eigenvalue weighted by Crippen LogP contribution is -2.48. The molecule has 13 heteroatoms. The molecule has 1 saturated heterocycles. The Bertz CT molecular complexity index is 1460. The first-order valence-electron chi connectivity index (χ1n) is 12.8. The molecular weight excluding hydrogens is 526 g/mol. The molecule has 3 aromatic rings. The van der Waals surface area contributed by atoms with E-state index in [9.17, 15) is 12.8 Å². The summed E-state index contributed by atoms with van der Waals surface area (Å²) in [5, 5.41) is 2.99. The zero-order chi connectivity index (χ0) is 27.9. The molecule has 0 radical (unpaired) electrons. The third-order valence-electron chi connectivity index (χ3n) is 7.11. The van der Waals surface area contributed by atoms with E-state index < -0.39 is 21.7 Å². The minimum absolute atomic E-state index is 0.00787. The number of pyridine rings is 1. The number of aromatic nitrogens is 3. The number of sulfonamides is 1. The second kappa shape index (κ2) is 10.5. The van der Waals surface area contributed by atoms with E-state index in [2.05, 4.69) is 30.1 Å². The number of hydrogen-bond acceptors (Lipinski definition) is 9. The quantitative estimate of drug-likeness (QED) is 0.489. The van der Waals surface area contributed by atoms with Crippen molar-refractivity contribution >= 4 is 38.9 Å². The molecule has 39 heavy (non-hydrogen) atoms. The normalized spacial score (nSPS) is 16.5. The zero-order valence-corrected chi connectivity index (χ0v) is 23.2. The Morgan fingerprint density at radius 3 is 2.33 bits per heavy atom. The lowest BCUT2D eigenvalue weighted by Gasteiger charge is -2.39. The van der Waals surface area contributed by atoms with Crippen LogP contribution < -0.4 is 20.0 Å². The summed E-state index contributed by atoms with van der Waals surface area (Å²) in [6.07, 6.45) is 3.96. The van der Waals surface area contributed by atoms with Gasteiger partial charge in [0.1, 0.15) is 17.3 Å². The molecule has 0 bridgehead atoms. The molecule has 2 aromatic heterocycles. The van der Waals surface area contributed by atoms with E-state index in [4.69, 9.17) is 0 Å². The monoisotopic (exact) mass is 558 g/mol. The highest BCUT2D eigenvalue weighted by Crippen LogP contribution is 2.39. The Morgan fingerprint density at radius 1 is 0.949 bits per heavy atom. The summed E-state index contributed by atoms with van der Waals surface area (Å²) in [5.74, 6) is -0.506. The molecule has 2 aliphatic rings. The molecule has 208 valence electrons. The maximum Gasteiger partial charge on any atom is 0.229 e. The van der Waals surface area contributed by atoms with E-state index in [-0.39, 0.29) is 17.7 Å². The number of hydrogen-bond donors (Lipinski definition) is 1. The molecule has 1 N–H and O–H groups in total. The second-order valence-corrected chi connectivity index (χ2v) is 12.1. The highest BCUT2D eigenvalue weighted by atomic mass is 32.2. The lowest BCUT2D eigenvalue weighted by atomic mass is 10.0. The van der Waals surface area contributed by atoms with Gasteiger partial charge in [-0.05, 0) is 38.1 Å². The van der Waals surface area contributed by atoms with Crippen LogP contribution in [0.1, 0.15) is 13.8 Å². The summed E-state index contributed by atoms with van der Waals surface area (Å²) >= 11 is 0. The van der Waals surface area contributed by atoms with Crippen LogP contribution >= 0.6 is 0 Å². The van der Waals surface area contributed by atoms with Crippen molar-refractivity contribution in [3.63, 3.8) is 0 Å². The summed E-state index contributed by atoms with van der Waals surface area (Å²) in [6, 6.07) is 6.85. The van der Waals surface area contributed by atoms with Crippen LogP contribution in [0.3, 0.4) is 0 Å². The predicted molar refractivity (Wildman–Crippen MR) is 149 cm³/mol. The number of halogens is 2. The molecule has 0 amide bonds. The molecule has 5 rings (SSSR count). The van der Waals surface area contributed by atoms with Gasteiger partial charge in [0.25, 0.3) is 0 Å². The molecular formula is C26H32F2N8O2S. The largest absolute Gasteiger partial charge is 0.369 e. The third kappa shape index (κ3) is 5.59. The summed E-state index contributed by atoms with van der Waals surface area (Å²) in [4.78, 5) is 18.9. The van der Waals surface area contributed by atoms with Gasteiger partial charge in [0.05, 0.1) is 35.7 Å². The van der Waals surface area contributed by atoms with Gasteiger partial charge in [-0.1, -0.05) is 0 Å². The van der Waals surface area contributed by atoms with Crippen molar-refractivity contribution in [3.05, 3.63) is 48.3 Å². The molecule has 0 unspecified atom stereocenters. The van der Waals surface area contributed by atoms with E-state index in [0.29, 0.717) is 55.5 Å². The molecule has 10 nitrogen and oxygen atoms in total. The number of piperazine rings is 1. The molecule has 0 aliphatic carbocycles. The first-order chi connectivity index (χ1) is 18.5. The van der Waals surface area contributed by atoms with E-state index in [0.717, 1.165) is 18.4 Å². The highest BCUT2D eigenvalue weighted by molar-refractivity contribution is 7.88. The molecule has 2 aliphatic heterocycles. The number of nitrogens with zero attached hydrogens (tertiary/aromatic N) is 7. The van der Waals surface area contributed by atoms with Gasteiger partial charge in [-0.3, -0.25) is 0 Å². The molecule has 4 heterocycles. The van der Waals surface area contributed by atoms with Crippen molar-refractivity contribution in [3.8, 4) is 11.3 Å². The summed E-state index contributed by atoms with van der Waals surface area (Å²) < 4.78 is 55.1. The smallest absolute Gasteiger partial charge is 0.229 e. The Kier molecular flexibility index (Phi) is 7.29. The molecule has 1 fully saturated rings. The maximum absolute atomic E-state index is 15.3. The fourth-order valence-corrected chi connectivity index (χ4v) is 5.84. The summed E-state index contributed by atoms with van der Waals surface area (Å²) in [6.45, 7) is 7.47. The van der Waals surface area contributed by atoms with E-state index in [1.54, 1.807) is 18.3 Å². The van der Waals surface area contributed by atoms with Crippen LogP contribution in [0.5, 0.6) is 0 Å². The van der Waals surface area contributed by atoms with E-state index >= 15 is 4.39 Å². The van der Waals surface area contributed by atoms with Crippen molar-refractivity contribution < 1.29 is 17.2 Å². The van der Waals surface area contributed by atoms with E-state index in [1.807, 2.05) is 31.9 Å². The molecule has 1 aromatic carbocycles. The number of benzene rings is 1. The predicted octanol–water partition coefficient (Wildman–Crippen LogP) is 3.31. The first kappa shape index (κ1) is 27.0. The maximum atomic E-state index is 15.3. The minimum Gasteiger partial charge on any atom is -0.369 e. The van der Waals surface area contributed by atoms with Crippen LogP contribution in [0.15, 0.2) is 36.7 Å². The minimum atomic E-state index is -3.20. The van der Waals surface area contributed by atoms with Crippen LogP contribution in [0.25, 0.3) is 11.3 Å². The molecule has 0 atom stereocenters. The van der Waals surface area contributed by atoms with Crippen molar-refractivity contribution in [1.82, 2.24) is 19.3 Å². The molecule has 0 spiro atoms. The summed E-state index contributed by atoms with van der Waals surface area (Å²) in [5.41, 5.74) is 2.38. The fourth-order valence-electron chi connectivity index (χ4n) is 5.01. The van der Waals surface area contributed by atoms with Gasteiger partial charge in [-0.25, -0.2) is 32.2 Å². The van der Waals surface area contributed by atoms with Gasteiger partial charge in [0.15, 0.2) is 5.82 Å². The van der Waals surface area contributed by atoms with Crippen molar-refractivity contribution in [2.24, 2.45) is 0 Å². The SMILES string of the molecule is CC(C)N1CCN(C)c2c(F)cc(-c3nc(Nc4ccc(N5CCN(S(C)(=O)=O)CC5)cn4)ncc3F)cc21. The Balaban J connectivity index is 1.36. The van der Waals surface area contributed by atoms with Gasteiger partial charge in [-0.2, -0.15) is 4.31 Å². The van der Waals surface area contributed by atoms with Gasteiger partial charge < -0.3 is 20.0 Å².